The van der Waals surface area contributed by atoms with Crippen LogP contribution in [0.5, 0.6) is 0 Å². The van der Waals surface area contributed by atoms with Gasteiger partial charge >= 0.3 is 21.7 Å². The molecule has 0 N–H and O–H groups in total. The molecule has 0 amide bonds. The molecule has 0 saturated heterocycles. The first-order valence-electron chi connectivity index (χ1n) is 12.9. The maximum absolute atomic E-state index is 2.71. The van der Waals surface area contributed by atoms with E-state index in [1.165, 1.54) is 70.6 Å². The first-order valence-corrected chi connectivity index (χ1v) is 16.0. The molecule has 0 nitrogen and oxygen atoms in total. The summed E-state index contributed by atoms with van der Waals surface area (Å²) in [4.78, 5) is 0. The second kappa shape index (κ2) is 18.7. The number of rotatable bonds is 12. The van der Waals surface area contributed by atoms with E-state index in [9.17, 15) is 0 Å². The molecule has 5 heteroatoms. The molecule has 3 unspecified atom stereocenters. The number of hydrogen-bond donors (Lipinski definition) is 0. The van der Waals surface area contributed by atoms with Gasteiger partial charge in [0.05, 0.1) is 8.07 Å². The molecule has 0 bridgehead atoms. The fraction of sp³-hybridized carbons (Fsp3) is 0.621. The molecule has 0 heterocycles. The van der Waals surface area contributed by atoms with E-state index in [1.807, 2.05) is 0 Å². The second-order valence-corrected chi connectivity index (χ2v) is 15.2. The van der Waals surface area contributed by atoms with Crippen molar-refractivity contribution in [3.63, 3.8) is 0 Å². The van der Waals surface area contributed by atoms with Gasteiger partial charge in [0, 0.05) is 0 Å². The Kier molecular flexibility index (Phi) is 20.2. The first-order chi connectivity index (χ1) is 14.5. The number of hydrogen-bond acceptors (Lipinski definition) is 0. The van der Waals surface area contributed by atoms with Gasteiger partial charge in [-0.15, -0.1) is 12.0 Å². The quantitative estimate of drug-likeness (QED) is 0.174. The van der Waals surface area contributed by atoms with Crippen LogP contribution in [-0.2, 0) is 34.6 Å². The molecule has 3 atom stereocenters. The van der Waals surface area contributed by atoms with Crippen molar-refractivity contribution in [1.29, 1.82) is 0 Å². The summed E-state index contributed by atoms with van der Waals surface area (Å²) < 4.78 is 0. The van der Waals surface area contributed by atoms with Crippen LogP contribution in [0, 0.1) is 18.3 Å². The van der Waals surface area contributed by atoms with Crippen molar-refractivity contribution in [2.24, 2.45) is 11.8 Å². The molecular formula is C29H45Cl3SiTi. The maximum atomic E-state index is 2.71. The van der Waals surface area contributed by atoms with Crippen LogP contribution >= 0.6 is 0 Å². The van der Waals surface area contributed by atoms with Crippen molar-refractivity contribution < 1.29 is 58.9 Å². The first kappa shape index (κ1) is 36.7. The van der Waals surface area contributed by atoms with Crippen molar-refractivity contribution in [3.8, 4) is 0 Å². The molecule has 0 radical (unpaired) electrons. The van der Waals surface area contributed by atoms with Gasteiger partial charge in [0.2, 0.25) is 0 Å². The molecule has 1 saturated carbocycles. The van der Waals surface area contributed by atoms with Gasteiger partial charge in [0.1, 0.15) is 0 Å². The zero-order valence-corrected chi connectivity index (χ0v) is 26.6. The van der Waals surface area contributed by atoms with Crippen LogP contribution in [0.25, 0.3) is 0 Å². The third-order valence-electron chi connectivity index (χ3n) is 7.64. The summed E-state index contributed by atoms with van der Waals surface area (Å²) in [5.74, 6) is 1.43. The van der Waals surface area contributed by atoms with Crippen molar-refractivity contribution in [2.45, 2.75) is 103 Å². The van der Waals surface area contributed by atoms with Gasteiger partial charge in [0.25, 0.3) is 0 Å². The number of unbranched alkanes of at least 4 members (excludes halogenated alkanes) is 6. The summed E-state index contributed by atoms with van der Waals surface area (Å²) in [7, 11) is -1.53. The SMILES string of the molecule is CCCCCCc1cc(CCCCCC)cc([Si](C)(C)C2[CH-]C3C=CC=CC3C2)c1.[Cl-].[Cl-].[Cl-].[Ti+4]. The van der Waals surface area contributed by atoms with E-state index in [-0.39, 0.29) is 58.9 Å². The second-order valence-electron chi connectivity index (χ2n) is 10.4. The minimum absolute atomic E-state index is 0. The zero-order chi connectivity index (χ0) is 21.4. The Bertz CT molecular complexity index is 682. The normalized spacial score (nSPS) is 20.4. The Hall–Kier alpha value is 0.501. The molecule has 1 aromatic carbocycles. The number of fused-ring (bicyclic) bond motifs is 1. The number of aryl methyl sites for hydroxylation is 2. The molecule has 2 aliphatic rings. The van der Waals surface area contributed by atoms with E-state index in [0.717, 1.165) is 11.5 Å². The van der Waals surface area contributed by atoms with Crippen LogP contribution in [0.15, 0.2) is 42.5 Å². The number of benzene rings is 1. The van der Waals surface area contributed by atoms with E-state index >= 15 is 0 Å². The Morgan fingerprint density at radius 3 is 1.79 bits per heavy atom. The molecule has 3 rings (SSSR count). The van der Waals surface area contributed by atoms with Crippen LogP contribution in [0.3, 0.4) is 0 Å². The van der Waals surface area contributed by atoms with Gasteiger partial charge in [-0.05, 0) is 42.7 Å². The van der Waals surface area contributed by atoms with Crippen molar-refractivity contribution >= 4 is 13.3 Å². The molecule has 2 aliphatic carbocycles. The third kappa shape index (κ3) is 10.5. The molecule has 0 aromatic heterocycles. The number of halogens is 3. The predicted octanol–water partition coefficient (Wildman–Crippen LogP) is -0.806. The fourth-order valence-electron chi connectivity index (χ4n) is 5.44. The topological polar surface area (TPSA) is 0 Å². The summed E-state index contributed by atoms with van der Waals surface area (Å²) in [6.07, 6.45) is 26.9. The average molecular weight is 576 g/mol. The monoisotopic (exact) mass is 574 g/mol. The summed E-state index contributed by atoms with van der Waals surface area (Å²) in [5.41, 5.74) is 4.03. The van der Waals surface area contributed by atoms with E-state index in [2.05, 4.69) is 75.9 Å². The van der Waals surface area contributed by atoms with Crippen LogP contribution in [-0.4, -0.2) is 8.07 Å². The Morgan fingerprint density at radius 2 is 1.29 bits per heavy atom. The van der Waals surface area contributed by atoms with Crippen LogP contribution in [0.1, 0.15) is 82.8 Å². The van der Waals surface area contributed by atoms with Gasteiger partial charge < -0.3 is 43.6 Å². The smallest absolute Gasteiger partial charge is 1.00 e. The summed E-state index contributed by atoms with van der Waals surface area (Å²) in [5, 5.41) is 1.72. The van der Waals surface area contributed by atoms with Gasteiger partial charge in [-0.2, -0.15) is 5.54 Å². The predicted molar refractivity (Wildman–Crippen MR) is 137 cm³/mol. The minimum atomic E-state index is -1.53. The Morgan fingerprint density at radius 1 is 0.765 bits per heavy atom. The molecule has 190 valence electrons. The van der Waals surface area contributed by atoms with Crippen LogP contribution < -0.4 is 42.4 Å². The molecule has 34 heavy (non-hydrogen) atoms. The van der Waals surface area contributed by atoms with Crippen LogP contribution in [0.4, 0.5) is 0 Å². The van der Waals surface area contributed by atoms with Gasteiger partial charge in [-0.3, -0.25) is 0 Å². The standard InChI is InChI=1S/C29H45Si.3ClH.Ti/c1-5-7-9-11-15-24-19-25(16-12-10-8-6-2)21-28(20-24)30(3,4)29-22-26-17-13-14-18-27(26)23-29;;;;/h13-14,17-22,26-27,29H,5-12,15-16,23H2,1-4H3;3*1H;/q-1;;;;+4/p-3. The largest absolute Gasteiger partial charge is 4.00 e. The number of allylic oxidation sites excluding steroid dienone is 4. The van der Waals surface area contributed by atoms with Crippen LogP contribution in [0.2, 0.25) is 18.6 Å². The van der Waals surface area contributed by atoms with Crippen molar-refractivity contribution in [3.05, 3.63) is 60.1 Å². The van der Waals surface area contributed by atoms with Crippen molar-refractivity contribution in [2.75, 3.05) is 0 Å². The van der Waals surface area contributed by atoms with Gasteiger partial charge in [-0.25, -0.2) is 0 Å². The average Bonchev–Trinajstić information content (AvgIpc) is 3.19. The van der Waals surface area contributed by atoms with E-state index in [4.69, 9.17) is 0 Å². The molecule has 0 aliphatic heterocycles. The van der Waals surface area contributed by atoms with Crippen molar-refractivity contribution in [1.82, 2.24) is 0 Å². The summed E-state index contributed by atoms with van der Waals surface area (Å²) in [6.45, 7) is 9.89. The van der Waals surface area contributed by atoms with Gasteiger partial charge in [0.15, 0.2) is 0 Å². The van der Waals surface area contributed by atoms with E-state index < -0.39 is 8.07 Å². The zero-order valence-electron chi connectivity index (χ0n) is 21.8. The maximum Gasteiger partial charge on any atom is 4.00 e. The molecule has 1 aromatic rings. The van der Waals surface area contributed by atoms with E-state index in [0.29, 0.717) is 5.92 Å². The third-order valence-corrected chi connectivity index (χ3v) is 11.7. The van der Waals surface area contributed by atoms with Gasteiger partial charge in [-0.1, -0.05) is 114 Å². The summed E-state index contributed by atoms with van der Waals surface area (Å²) in [6, 6.07) is 7.79. The summed E-state index contributed by atoms with van der Waals surface area (Å²) >= 11 is 0. The minimum Gasteiger partial charge on any atom is -1.00 e. The molecular weight excluding hydrogens is 531 g/mol. The molecule has 1 fully saturated rings. The Labute approximate surface area is 245 Å². The fourth-order valence-corrected chi connectivity index (χ4v) is 8.55. The Balaban J connectivity index is 0. The van der Waals surface area contributed by atoms with E-state index in [1.54, 1.807) is 16.3 Å². The molecule has 0 spiro atoms.